The highest BCUT2D eigenvalue weighted by atomic mass is 35.5. The van der Waals surface area contributed by atoms with Gasteiger partial charge in [0.15, 0.2) is 0 Å². The van der Waals surface area contributed by atoms with E-state index in [0.717, 1.165) is 5.56 Å². The van der Waals surface area contributed by atoms with E-state index in [1.165, 1.54) is 0 Å². The Bertz CT molecular complexity index is 288. The van der Waals surface area contributed by atoms with Gasteiger partial charge < -0.3 is 5.32 Å². The maximum atomic E-state index is 13.3. The summed E-state index contributed by atoms with van der Waals surface area (Å²) < 4.78 is 13.3. The number of hydrogen-bond acceptors (Lipinski definition) is 1. The van der Waals surface area contributed by atoms with Crippen molar-refractivity contribution in [2.24, 2.45) is 0 Å². The van der Waals surface area contributed by atoms with Gasteiger partial charge in [-0.1, -0.05) is 23.7 Å². The molecule has 1 unspecified atom stereocenters. The second-order valence-electron chi connectivity index (χ2n) is 3.03. The molecule has 0 bridgehead atoms. The third-order valence-electron chi connectivity index (χ3n) is 1.94. The summed E-state index contributed by atoms with van der Waals surface area (Å²) in [5.74, 6) is 0. The zero-order valence-corrected chi connectivity index (χ0v) is 8.53. The first-order chi connectivity index (χ1) is 6.15. The van der Waals surface area contributed by atoms with E-state index in [1.807, 2.05) is 13.0 Å². The summed E-state index contributed by atoms with van der Waals surface area (Å²) in [6.07, 6.45) is -0.983. The van der Waals surface area contributed by atoms with Crippen molar-refractivity contribution >= 4 is 11.6 Å². The molecule has 3 heteroatoms. The molecular formula is C10H13ClFN. The van der Waals surface area contributed by atoms with E-state index in [4.69, 9.17) is 11.6 Å². The molecule has 0 heterocycles. The fraction of sp³-hybridized carbons (Fsp3) is 0.400. The van der Waals surface area contributed by atoms with Gasteiger partial charge in [0.25, 0.3) is 0 Å². The van der Waals surface area contributed by atoms with E-state index in [0.29, 0.717) is 17.1 Å². The van der Waals surface area contributed by atoms with Gasteiger partial charge in [-0.3, -0.25) is 0 Å². The Morgan fingerprint density at radius 1 is 1.54 bits per heavy atom. The summed E-state index contributed by atoms with van der Waals surface area (Å²) in [5.41, 5.74) is 1.60. The lowest BCUT2D eigenvalue weighted by atomic mass is 10.1. The van der Waals surface area contributed by atoms with E-state index in [1.54, 1.807) is 19.2 Å². The lowest BCUT2D eigenvalue weighted by molar-refractivity contribution is 0.335. The minimum absolute atomic E-state index is 0.319. The number of nitrogens with one attached hydrogen (secondary N) is 1. The van der Waals surface area contributed by atoms with Crippen LogP contribution in [-0.4, -0.2) is 13.6 Å². The molecule has 0 aliphatic heterocycles. The largest absolute Gasteiger partial charge is 0.317 e. The number of halogens is 2. The molecule has 0 saturated heterocycles. The van der Waals surface area contributed by atoms with Crippen LogP contribution in [0.2, 0.25) is 5.02 Å². The van der Waals surface area contributed by atoms with E-state index >= 15 is 0 Å². The molecule has 1 rings (SSSR count). The smallest absolute Gasteiger partial charge is 0.138 e. The molecule has 1 aromatic carbocycles. The normalized spacial score (nSPS) is 12.9. The second-order valence-corrected chi connectivity index (χ2v) is 3.44. The van der Waals surface area contributed by atoms with Crippen molar-refractivity contribution in [3.8, 4) is 0 Å². The van der Waals surface area contributed by atoms with Crippen molar-refractivity contribution in [1.29, 1.82) is 0 Å². The fourth-order valence-electron chi connectivity index (χ4n) is 1.10. The molecule has 0 fully saturated rings. The van der Waals surface area contributed by atoms with Gasteiger partial charge in [0, 0.05) is 11.6 Å². The predicted molar refractivity (Wildman–Crippen MR) is 54.0 cm³/mol. The van der Waals surface area contributed by atoms with Gasteiger partial charge in [-0.25, -0.2) is 4.39 Å². The molecule has 1 atom stereocenters. The average Bonchev–Trinajstić information content (AvgIpc) is 2.10. The Labute approximate surface area is 82.9 Å². The summed E-state index contributed by atoms with van der Waals surface area (Å²) in [6, 6.07) is 5.28. The first-order valence-electron chi connectivity index (χ1n) is 4.20. The third kappa shape index (κ3) is 2.68. The minimum atomic E-state index is -0.983. The Kier molecular flexibility index (Phi) is 3.70. The molecule has 13 heavy (non-hydrogen) atoms. The highest BCUT2D eigenvalue weighted by Crippen LogP contribution is 2.22. The van der Waals surface area contributed by atoms with Crippen LogP contribution < -0.4 is 5.32 Å². The monoisotopic (exact) mass is 201 g/mol. The van der Waals surface area contributed by atoms with Gasteiger partial charge in [-0.05, 0) is 31.2 Å². The van der Waals surface area contributed by atoms with E-state index in [9.17, 15) is 4.39 Å². The van der Waals surface area contributed by atoms with Crippen LogP contribution in [0.15, 0.2) is 18.2 Å². The molecule has 1 nitrogen and oxygen atoms in total. The quantitative estimate of drug-likeness (QED) is 0.793. The summed E-state index contributed by atoms with van der Waals surface area (Å²) >= 11 is 5.87. The van der Waals surface area contributed by atoms with Crippen molar-refractivity contribution in [1.82, 2.24) is 5.32 Å². The third-order valence-corrected chi connectivity index (χ3v) is 2.35. The van der Waals surface area contributed by atoms with Crippen LogP contribution in [-0.2, 0) is 0 Å². The standard InChI is InChI=1S/C10H13ClFN/c1-7-3-4-8(5-9(7)11)10(12)6-13-2/h3-5,10,13H,6H2,1-2H3. The lowest BCUT2D eigenvalue weighted by Crippen LogP contribution is -2.13. The molecule has 72 valence electrons. The van der Waals surface area contributed by atoms with Crippen LogP contribution >= 0.6 is 11.6 Å². The van der Waals surface area contributed by atoms with Gasteiger partial charge in [0.05, 0.1) is 0 Å². The summed E-state index contributed by atoms with van der Waals surface area (Å²) in [7, 11) is 1.72. The first kappa shape index (κ1) is 10.5. The van der Waals surface area contributed by atoms with Gasteiger partial charge in [0.1, 0.15) is 6.17 Å². The number of benzene rings is 1. The summed E-state index contributed by atoms with van der Waals surface area (Å²) in [5, 5.41) is 3.40. The van der Waals surface area contributed by atoms with Crippen LogP contribution in [0.4, 0.5) is 4.39 Å². The number of hydrogen-bond donors (Lipinski definition) is 1. The van der Waals surface area contributed by atoms with E-state index < -0.39 is 6.17 Å². The molecule has 0 spiro atoms. The molecule has 0 amide bonds. The van der Waals surface area contributed by atoms with E-state index in [-0.39, 0.29) is 0 Å². The Morgan fingerprint density at radius 3 is 2.77 bits per heavy atom. The Balaban J connectivity index is 2.84. The van der Waals surface area contributed by atoms with Crippen LogP contribution in [0.1, 0.15) is 17.3 Å². The van der Waals surface area contributed by atoms with Crippen LogP contribution in [0.3, 0.4) is 0 Å². The molecule has 0 saturated carbocycles. The summed E-state index contributed by atoms with van der Waals surface area (Å²) in [6.45, 7) is 2.22. The maximum absolute atomic E-state index is 13.3. The zero-order chi connectivity index (χ0) is 9.84. The fourth-order valence-corrected chi connectivity index (χ4v) is 1.29. The molecular weight excluding hydrogens is 189 g/mol. The number of alkyl halides is 1. The van der Waals surface area contributed by atoms with Gasteiger partial charge in [0.2, 0.25) is 0 Å². The minimum Gasteiger partial charge on any atom is -0.317 e. The maximum Gasteiger partial charge on any atom is 0.138 e. The zero-order valence-electron chi connectivity index (χ0n) is 7.77. The van der Waals surface area contributed by atoms with Crippen molar-refractivity contribution in [2.45, 2.75) is 13.1 Å². The van der Waals surface area contributed by atoms with Crippen molar-refractivity contribution in [3.63, 3.8) is 0 Å². The van der Waals surface area contributed by atoms with Crippen molar-refractivity contribution in [2.75, 3.05) is 13.6 Å². The summed E-state index contributed by atoms with van der Waals surface area (Å²) in [4.78, 5) is 0. The molecule has 1 aromatic rings. The van der Waals surface area contributed by atoms with Crippen LogP contribution in [0.25, 0.3) is 0 Å². The first-order valence-corrected chi connectivity index (χ1v) is 4.57. The number of likely N-dealkylation sites (N-methyl/N-ethyl adjacent to an activating group) is 1. The molecule has 1 N–H and O–H groups in total. The van der Waals surface area contributed by atoms with Gasteiger partial charge >= 0.3 is 0 Å². The lowest BCUT2D eigenvalue weighted by Gasteiger charge is -2.08. The average molecular weight is 202 g/mol. The Morgan fingerprint density at radius 2 is 2.23 bits per heavy atom. The van der Waals surface area contributed by atoms with Crippen LogP contribution in [0.5, 0.6) is 0 Å². The number of rotatable bonds is 3. The number of aryl methyl sites for hydroxylation is 1. The topological polar surface area (TPSA) is 12.0 Å². The second kappa shape index (κ2) is 4.58. The Hall–Kier alpha value is -0.600. The molecule has 0 aromatic heterocycles. The van der Waals surface area contributed by atoms with Crippen molar-refractivity contribution < 1.29 is 4.39 Å². The highest BCUT2D eigenvalue weighted by molar-refractivity contribution is 6.31. The highest BCUT2D eigenvalue weighted by Gasteiger charge is 2.09. The van der Waals surface area contributed by atoms with E-state index in [2.05, 4.69) is 5.32 Å². The molecule has 0 radical (unpaired) electrons. The predicted octanol–water partition coefficient (Wildman–Crippen LogP) is 2.88. The van der Waals surface area contributed by atoms with Gasteiger partial charge in [-0.2, -0.15) is 0 Å². The SMILES string of the molecule is CNCC(F)c1ccc(C)c(Cl)c1. The van der Waals surface area contributed by atoms with Crippen LogP contribution in [0, 0.1) is 6.92 Å². The van der Waals surface area contributed by atoms with Crippen molar-refractivity contribution in [3.05, 3.63) is 34.3 Å². The molecule has 0 aliphatic carbocycles. The molecule has 0 aliphatic rings. The van der Waals surface area contributed by atoms with Gasteiger partial charge in [-0.15, -0.1) is 0 Å².